The molecule has 1 aromatic carbocycles. The number of thiazole rings is 1. The second kappa shape index (κ2) is 11.9. The Balaban J connectivity index is 0.00000364. The first-order valence-electron chi connectivity index (χ1n) is 8.47. The third-order valence-electron chi connectivity index (χ3n) is 3.52. The molecule has 0 fully saturated rings. The molecule has 3 N–H and O–H groups in total. The molecule has 0 radical (unpaired) electrons. The molecular formula is C18H25FIN5OS. The van der Waals surface area contributed by atoms with Gasteiger partial charge < -0.3 is 16.0 Å². The van der Waals surface area contributed by atoms with E-state index in [1.165, 1.54) is 6.07 Å². The summed E-state index contributed by atoms with van der Waals surface area (Å²) in [4.78, 5) is 21.9. The van der Waals surface area contributed by atoms with Gasteiger partial charge in [-0.3, -0.25) is 4.79 Å². The Morgan fingerprint density at radius 1 is 1.22 bits per heavy atom. The van der Waals surface area contributed by atoms with Crippen molar-refractivity contribution in [3.8, 4) is 0 Å². The normalized spacial score (nSPS) is 10.9. The van der Waals surface area contributed by atoms with Crippen molar-refractivity contribution in [3.63, 3.8) is 0 Å². The molecule has 2 aromatic rings. The number of nitrogens with one attached hydrogen (secondary N) is 3. The first-order valence-corrected chi connectivity index (χ1v) is 9.29. The first kappa shape index (κ1) is 23.3. The number of halogens is 2. The molecular weight excluding hydrogens is 480 g/mol. The Labute approximate surface area is 180 Å². The van der Waals surface area contributed by atoms with Gasteiger partial charge in [0.15, 0.2) is 5.96 Å². The molecule has 0 bridgehead atoms. The third-order valence-corrected chi connectivity index (χ3v) is 4.42. The van der Waals surface area contributed by atoms with E-state index < -0.39 is 0 Å². The Kier molecular flexibility index (Phi) is 10.2. The number of nitrogens with zero attached hydrogens (tertiary/aromatic N) is 2. The fourth-order valence-corrected chi connectivity index (χ4v) is 2.87. The van der Waals surface area contributed by atoms with Crippen molar-refractivity contribution in [3.05, 3.63) is 51.2 Å². The first-order chi connectivity index (χ1) is 12.5. The van der Waals surface area contributed by atoms with Gasteiger partial charge in [-0.25, -0.2) is 14.4 Å². The molecule has 0 aliphatic rings. The van der Waals surface area contributed by atoms with Crippen LogP contribution in [0.4, 0.5) is 4.39 Å². The monoisotopic (exact) mass is 505 g/mol. The zero-order valence-electron chi connectivity index (χ0n) is 15.6. The van der Waals surface area contributed by atoms with Crippen LogP contribution in [0.5, 0.6) is 0 Å². The topological polar surface area (TPSA) is 78.4 Å². The molecule has 9 heteroatoms. The van der Waals surface area contributed by atoms with Crippen LogP contribution in [0.2, 0.25) is 0 Å². The van der Waals surface area contributed by atoms with E-state index in [1.54, 1.807) is 30.4 Å². The molecule has 0 saturated heterocycles. The fourth-order valence-electron chi connectivity index (χ4n) is 2.16. The van der Waals surface area contributed by atoms with Gasteiger partial charge in [0.2, 0.25) is 0 Å². The lowest BCUT2D eigenvalue weighted by atomic mass is 10.1. The summed E-state index contributed by atoms with van der Waals surface area (Å²) >= 11 is 1.62. The van der Waals surface area contributed by atoms with Crippen LogP contribution >= 0.6 is 35.3 Å². The Morgan fingerprint density at radius 2 is 1.96 bits per heavy atom. The molecule has 148 valence electrons. The minimum Gasteiger partial charge on any atom is -0.357 e. The molecule has 27 heavy (non-hydrogen) atoms. The average Bonchev–Trinajstić information content (AvgIpc) is 3.04. The van der Waals surface area contributed by atoms with Crippen LogP contribution in [0.3, 0.4) is 0 Å². The van der Waals surface area contributed by atoms with Gasteiger partial charge in [0.1, 0.15) is 10.8 Å². The number of aryl methyl sites for hydroxylation is 2. The SMILES string of the molecule is CCNC(=NCc1ncc(C)s1)NCCNC(=O)c1ccc(C)c(F)c1.I. The number of hydrogen-bond donors (Lipinski definition) is 3. The summed E-state index contributed by atoms with van der Waals surface area (Å²) in [7, 11) is 0. The number of benzene rings is 1. The maximum Gasteiger partial charge on any atom is 0.251 e. The average molecular weight is 505 g/mol. The zero-order valence-corrected chi connectivity index (χ0v) is 18.8. The van der Waals surface area contributed by atoms with Gasteiger partial charge in [0.05, 0.1) is 6.54 Å². The van der Waals surface area contributed by atoms with Crippen LogP contribution in [0.25, 0.3) is 0 Å². The fraction of sp³-hybridized carbons (Fsp3) is 0.389. The summed E-state index contributed by atoms with van der Waals surface area (Å²) in [5.74, 6) is -0.0170. The Morgan fingerprint density at radius 3 is 2.59 bits per heavy atom. The van der Waals surface area contributed by atoms with Crippen molar-refractivity contribution in [2.24, 2.45) is 4.99 Å². The number of amides is 1. The van der Waals surface area contributed by atoms with E-state index in [-0.39, 0.29) is 35.7 Å². The number of aliphatic imine (C=N–C) groups is 1. The number of aromatic nitrogens is 1. The smallest absolute Gasteiger partial charge is 0.251 e. The second-order valence-corrected chi connectivity index (χ2v) is 7.03. The van der Waals surface area contributed by atoms with Crippen molar-refractivity contribution in [1.82, 2.24) is 20.9 Å². The highest BCUT2D eigenvalue weighted by Gasteiger charge is 2.07. The van der Waals surface area contributed by atoms with Crippen LogP contribution in [-0.2, 0) is 6.54 Å². The highest BCUT2D eigenvalue weighted by molar-refractivity contribution is 14.0. The van der Waals surface area contributed by atoms with Crippen LogP contribution in [-0.4, -0.2) is 36.5 Å². The van der Waals surface area contributed by atoms with E-state index >= 15 is 0 Å². The number of rotatable bonds is 7. The van der Waals surface area contributed by atoms with Crippen LogP contribution < -0.4 is 16.0 Å². The van der Waals surface area contributed by atoms with Crippen molar-refractivity contribution in [1.29, 1.82) is 0 Å². The zero-order chi connectivity index (χ0) is 18.9. The van der Waals surface area contributed by atoms with Gasteiger partial charge >= 0.3 is 0 Å². The second-order valence-electron chi connectivity index (χ2n) is 5.71. The Hall–Kier alpha value is -1.75. The van der Waals surface area contributed by atoms with Crippen molar-refractivity contribution < 1.29 is 9.18 Å². The van der Waals surface area contributed by atoms with Crippen molar-refractivity contribution in [2.45, 2.75) is 27.3 Å². The van der Waals surface area contributed by atoms with E-state index in [0.29, 0.717) is 36.7 Å². The lowest BCUT2D eigenvalue weighted by Crippen LogP contribution is -2.41. The minimum atomic E-state index is -0.380. The number of guanidine groups is 1. The summed E-state index contributed by atoms with van der Waals surface area (Å²) in [5, 5.41) is 10.0. The maximum absolute atomic E-state index is 13.5. The van der Waals surface area contributed by atoms with Gasteiger partial charge in [-0.1, -0.05) is 6.07 Å². The predicted octanol–water partition coefficient (Wildman–Crippen LogP) is 3.00. The van der Waals surface area contributed by atoms with Crippen LogP contribution in [0.15, 0.2) is 29.4 Å². The summed E-state index contributed by atoms with van der Waals surface area (Å²) in [6.07, 6.45) is 1.83. The summed E-state index contributed by atoms with van der Waals surface area (Å²) in [6.45, 7) is 7.80. The number of carbonyl (C=O) groups is 1. The van der Waals surface area contributed by atoms with Gasteiger partial charge in [-0.15, -0.1) is 35.3 Å². The summed E-state index contributed by atoms with van der Waals surface area (Å²) in [5.41, 5.74) is 0.831. The lowest BCUT2D eigenvalue weighted by molar-refractivity contribution is 0.0954. The highest BCUT2D eigenvalue weighted by atomic mass is 127. The third kappa shape index (κ3) is 7.79. The standard InChI is InChI=1S/C18H24FN5OS.HI/c1-4-20-18(24-11-16-23-10-13(3)26-16)22-8-7-21-17(25)14-6-5-12(2)15(19)9-14;/h5-6,9-10H,4,7-8,11H2,1-3H3,(H,21,25)(H2,20,22,24);1H. The highest BCUT2D eigenvalue weighted by Crippen LogP contribution is 2.11. The van der Waals surface area contributed by atoms with Crippen LogP contribution in [0, 0.1) is 19.7 Å². The van der Waals surface area contributed by atoms with E-state index in [1.807, 2.05) is 20.0 Å². The van der Waals surface area contributed by atoms with Gasteiger partial charge in [-0.05, 0) is 38.5 Å². The quantitative estimate of drug-likeness (QED) is 0.234. The Bertz CT molecular complexity index is 781. The van der Waals surface area contributed by atoms with Gasteiger partial charge in [-0.2, -0.15) is 0 Å². The molecule has 1 amide bonds. The molecule has 1 aromatic heterocycles. The van der Waals surface area contributed by atoms with Gasteiger partial charge in [0, 0.05) is 36.3 Å². The lowest BCUT2D eigenvalue weighted by Gasteiger charge is -2.11. The molecule has 0 unspecified atom stereocenters. The van der Waals surface area contributed by atoms with Crippen molar-refractivity contribution >= 4 is 47.2 Å². The summed E-state index contributed by atoms with van der Waals surface area (Å²) in [6, 6.07) is 4.46. The van der Waals surface area contributed by atoms with E-state index in [4.69, 9.17) is 0 Å². The summed E-state index contributed by atoms with van der Waals surface area (Å²) < 4.78 is 13.5. The maximum atomic E-state index is 13.5. The number of carbonyl (C=O) groups excluding carboxylic acids is 1. The molecule has 0 aliphatic heterocycles. The number of hydrogen-bond acceptors (Lipinski definition) is 4. The molecule has 0 saturated carbocycles. The molecule has 0 aliphatic carbocycles. The van der Waals surface area contributed by atoms with Crippen molar-refractivity contribution in [2.75, 3.05) is 19.6 Å². The largest absolute Gasteiger partial charge is 0.357 e. The van der Waals surface area contributed by atoms with Crippen LogP contribution in [0.1, 0.15) is 32.7 Å². The minimum absolute atomic E-state index is 0. The molecule has 6 nitrogen and oxygen atoms in total. The van der Waals surface area contributed by atoms with E-state index in [0.717, 1.165) is 16.4 Å². The molecule has 2 rings (SSSR count). The van der Waals surface area contributed by atoms with E-state index in [2.05, 4.69) is 25.9 Å². The van der Waals surface area contributed by atoms with E-state index in [9.17, 15) is 9.18 Å². The molecule has 0 atom stereocenters. The molecule has 1 heterocycles. The van der Waals surface area contributed by atoms with Gasteiger partial charge in [0.25, 0.3) is 5.91 Å². The predicted molar refractivity (Wildman–Crippen MR) is 119 cm³/mol. The molecule has 0 spiro atoms.